The van der Waals surface area contributed by atoms with E-state index in [9.17, 15) is 14.7 Å². The van der Waals surface area contributed by atoms with Gasteiger partial charge in [-0.3, -0.25) is 14.8 Å². The Bertz CT molecular complexity index is 1320. The van der Waals surface area contributed by atoms with Gasteiger partial charge in [-0.2, -0.15) is 0 Å². The van der Waals surface area contributed by atoms with Gasteiger partial charge in [0.2, 0.25) is 11.8 Å². The smallest absolute Gasteiger partial charge is 0.243 e. The predicted molar refractivity (Wildman–Crippen MR) is 168 cm³/mol. The van der Waals surface area contributed by atoms with Gasteiger partial charge in [0.05, 0.1) is 25.9 Å². The van der Waals surface area contributed by atoms with E-state index in [2.05, 4.69) is 5.32 Å². The third-order valence-electron chi connectivity index (χ3n) is 7.53. The van der Waals surface area contributed by atoms with Crippen molar-refractivity contribution in [1.82, 2.24) is 10.8 Å². The molecule has 3 aromatic carbocycles. The number of hydroxylamine groups is 1. The van der Waals surface area contributed by atoms with Crippen LogP contribution < -0.4 is 15.5 Å². The van der Waals surface area contributed by atoms with Crippen LogP contribution in [0.4, 0.5) is 0 Å². The summed E-state index contributed by atoms with van der Waals surface area (Å²) in [5.41, 5.74) is 5.40. The molecule has 1 aliphatic heterocycles. The number of hydrogen-bond acceptors (Lipinski definition) is 8. The highest BCUT2D eigenvalue weighted by molar-refractivity contribution is 7.99. The molecule has 3 atom stereocenters. The van der Waals surface area contributed by atoms with Crippen LogP contribution in [-0.2, 0) is 32.2 Å². The summed E-state index contributed by atoms with van der Waals surface area (Å²) in [4.78, 5) is 24.4. The lowest BCUT2D eigenvalue weighted by Crippen LogP contribution is -2.31. The zero-order valence-electron chi connectivity index (χ0n) is 25.1. The molecule has 0 unspecified atom stereocenters. The fraction of sp³-hybridized carbons (Fsp3) is 0.412. The van der Waals surface area contributed by atoms with Crippen LogP contribution in [0, 0.1) is 0 Å². The van der Waals surface area contributed by atoms with E-state index in [4.69, 9.17) is 19.4 Å². The summed E-state index contributed by atoms with van der Waals surface area (Å²) >= 11 is 1.70. The number of aliphatic hydroxyl groups excluding tert-OH is 1. The molecule has 10 heteroatoms. The Morgan fingerprint density at radius 2 is 1.52 bits per heavy atom. The minimum absolute atomic E-state index is 0.00406. The van der Waals surface area contributed by atoms with Crippen molar-refractivity contribution >= 4 is 23.6 Å². The molecule has 3 aromatic rings. The monoisotopic (exact) mass is 622 g/mol. The highest BCUT2D eigenvalue weighted by Gasteiger charge is 2.32. The van der Waals surface area contributed by atoms with Crippen LogP contribution in [0.1, 0.15) is 79.6 Å². The van der Waals surface area contributed by atoms with Crippen LogP contribution in [0.2, 0.25) is 0 Å². The number of methoxy groups -OCH3 is 1. The number of aliphatic hydroxyl groups is 1. The molecule has 1 saturated heterocycles. The number of nitrogens with one attached hydrogen (secondary N) is 2. The molecule has 0 spiro atoms. The first-order valence-electron chi connectivity index (χ1n) is 15.0. The minimum atomic E-state index is -0.554. The van der Waals surface area contributed by atoms with Crippen molar-refractivity contribution in [1.29, 1.82) is 0 Å². The molecular weight excluding hydrogens is 580 g/mol. The molecule has 236 valence electrons. The summed E-state index contributed by atoms with van der Waals surface area (Å²) in [5.74, 6) is 1.18. The van der Waals surface area contributed by atoms with Gasteiger partial charge in [-0.05, 0) is 41.7 Å². The first-order chi connectivity index (χ1) is 21.5. The van der Waals surface area contributed by atoms with Gasteiger partial charge in [-0.15, -0.1) is 11.8 Å². The van der Waals surface area contributed by atoms with Gasteiger partial charge in [0, 0.05) is 42.0 Å². The first-order valence-corrected chi connectivity index (χ1v) is 16.0. The zero-order valence-corrected chi connectivity index (χ0v) is 25.9. The van der Waals surface area contributed by atoms with E-state index in [0.29, 0.717) is 25.8 Å². The molecule has 1 aliphatic rings. The number of para-hydroxylation sites is 1. The maximum atomic E-state index is 12.3. The molecule has 0 saturated carbocycles. The maximum Gasteiger partial charge on any atom is 0.243 e. The number of thioether (sulfide) groups is 1. The van der Waals surface area contributed by atoms with Crippen molar-refractivity contribution in [2.45, 2.75) is 81.5 Å². The second-order valence-electron chi connectivity index (χ2n) is 10.8. The first kappa shape index (κ1) is 33.5. The van der Waals surface area contributed by atoms with Gasteiger partial charge in [0.1, 0.15) is 5.75 Å². The van der Waals surface area contributed by atoms with Crippen molar-refractivity contribution in [3.63, 3.8) is 0 Å². The predicted octanol–water partition coefficient (Wildman–Crippen LogP) is 5.99. The summed E-state index contributed by atoms with van der Waals surface area (Å²) in [6.07, 6.45) is 3.75. The molecule has 4 N–H and O–H groups in total. The average molecular weight is 623 g/mol. The molecule has 0 aromatic heterocycles. The van der Waals surface area contributed by atoms with E-state index in [-0.39, 0.29) is 37.0 Å². The maximum absolute atomic E-state index is 12.3. The van der Waals surface area contributed by atoms with Gasteiger partial charge in [-0.25, -0.2) is 5.48 Å². The second kappa shape index (κ2) is 17.8. The van der Waals surface area contributed by atoms with Crippen LogP contribution in [0.5, 0.6) is 5.75 Å². The number of carbonyl (C=O) groups is 2. The van der Waals surface area contributed by atoms with E-state index in [0.717, 1.165) is 57.9 Å². The Morgan fingerprint density at radius 3 is 2.20 bits per heavy atom. The van der Waals surface area contributed by atoms with Crippen molar-refractivity contribution in [3.05, 3.63) is 95.1 Å². The fourth-order valence-corrected chi connectivity index (χ4v) is 6.05. The minimum Gasteiger partial charge on any atom is -0.496 e. The number of rotatable bonds is 16. The molecule has 4 rings (SSSR count). The molecular formula is C34H42N2O7S. The van der Waals surface area contributed by atoms with E-state index >= 15 is 0 Å². The fourth-order valence-electron chi connectivity index (χ4n) is 5.01. The number of ether oxygens (including phenoxy) is 3. The summed E-state index contributed by atoms with van der Waals surface area (Å²) in [5, 5.41) is 21.0. The Morgan fingerprint density at radius 1 is 0.864 bits per heavy atom. The molecule has 1 heterocycles. The van der Waals surface area contributed by atoms with Gasteiger partial charge < -0.3 is 24.6 Å². The van der Waals surface area contributed by atoms with E-state index < -0.39 is 6.29 Å². The Labute approximate surface area is 263 Å². The topological polar surface area (TPSA) is 126 Å². The number of benzene rings is 3. The second-order valence-corrected chi connectivity index (χ2v) is 11.8. The molecule has 0 aliphatic carbocycles. The number of unbranched alkanes of at least 4 members (excludes halogenated alkanes) is 3. The normalized spacial score (nSPS) is 18.0. The van der Waals surface area contributed by atoms with Gasteiger partial charge in [0.15, 0.2) is 6.29 Å². The summed E-state index contributed by atoms with van der Waals surface area (Å²) in [6, 6.07) is 23.7. The molecule has 1 fully saturated rings. The van der Waals surface area contributed by atoms with E-state index in [1.807, 2.05) is 72.8 Å². The number of hydrogen-bond donors (Lipinski definition) is 4. The average Bonchev–Trinajstić information content (AvgIpc) is 3.08. The summed E-state index contributed by atoms with van der Waals surface area (Å²) in [7, 11) is 1.68. The van der Waals surface area contributed by atoms with Crippen molar-refractivity contribution < 1.29 is 34.1 Å². The van der Waals surface area contributed by atoms with E-state index in [1.54, 1.807) is 24.4 Å². The van der Waals surface area contributed by atoms with Crippen LogP contribution in [0.15, 0.2) is 77.7 Å². The summed E-state index contributed by atoms with van der Waals surface area (Å²) < 4.78 is 18.5. The largest absolute Gasteiger partial charge is 0.496 e. The van der Waals surface area contributed by atoms with Crippen LogP contribution in [-0.4, -0.2) is 41.1 Å². The zero-order chi connectivity index (χ0) is 31.1. The third-order valence-corrected chi connectivity index (χ3v) is 8.72. The van der Waals surface area contributed by atoms with Crippen molar-refractivity contribution in [2.24, 2.45) is 0 Å². The Balaban J connectivity index is 1.32. The molecule has 0 bridgehead atoms. The third kappa shape index (κ3) is 10.3. The molecule has 44 heavy (non-hydrogen) atoms. The van der Waals surface area contributed by atoms with Crippen LogP contribution in [0.3, 0.4) is 0 Å². The quantitative estimate of drug-likeness (QED) is 0.0665. The van der Waals surface area contributed by atoms with Crippen LogP contribution in [0.25, 0.3) is 0 Å². The standard InChI is InChI=1S/C34H42N2O7S/c1-41-29-8-6-7-9-31(29)44-23-28-20-30(26-16-14-25(22-37)15-17-26)43-34(42-28)27-18-12-24(13-19-27)21-35-32(38)10-4-2-3-5-11-33(39)36-40/h6-9,12-19,28,30,34,37,40H,2-5,10-11,20-23H2,1H3,(H,35,38)(H,36,39)/t28-,30+,34+/m1/s1. The van der Waals surface area contributed by atoms with Crippen molar-refractivity contribution in [2.75, 3.05) is 12.9 Å². The van der Waals surface area contributed by atoms with Crippen molar-refractivity contribution in [3.8, 4) is 5.75 Å². The lowest BCUT2D eigenvalue weighted by Gasteiger charge is -2.36. The number of carbonyl (C=O) groups excluding carboxylic acids is 2. The SMILES string of the molecule is COc1ccccc1SC[C@H]1C[C@@H](c2ccc(CO)cc2)O[C@@H](c2ccc(CNC(=O)CCCCCCC(=O)NO)cc2)O1. The lowest BCUT2D eigenvalue weighted by atomic mass is 10.0. The van der Waals surface area contributed by atoms with Gasteiger partial charge in [0.25, 0.3) is 0 Å². The highest BCUT2D eigenvalue weighted by atomic mass is 32.2. The molecule has 0 radical (unpaired) electrons. The van der Waals surface area contributed by atoms with Gasteiger partial charge in [-0.1, -0.05) is 73.5 Å². The lowest BCUT2D eigenvalue weighted by molar-refractivity contribution is -0.245. The van der Waals surface area contributed by atoms with Crippen LogP contribution >= 0.6 is 11.8 Å². The number of amides is 2. The summed E-state index contributed by atoms with van der Waals surface area (Å²) in [6.45, 7) is 0.427. The molecule has 2 amide bonds. The van der Waals surface area contributed by atoms with Gasteiger partial charge >= 0.3 is 0 Å². The highest BCUT2D eigenvalue weighted by Crippen LogP contribution is 2.40. The Kier molecular flexibility index (Phi) is 13.5. The molecule has 9 nitrogen and oxygen atoms in total. The Hall–Kier alpha value is -3.41. The van der Waals surface area contributed by atoms with E-state index in [1.165, 1.54) is 0 Å².